The molecule has 0 bridgehead atoms. The monoisotopic (exact) mass is 445 g/mol. The average molecular weight is 446 g/mol. The first-order valence-corrected chi connectivity index (χ1v) is 11.1. The van der Waals surface area contributed by atoms with Gasteiger partial charge in [-0.3, -0.25) is 0 Å². The molecule has 6 heteroatoms. The van der Waals surface area contributed by atoms with Gasteiger partial charge in [0.1, 0.15) is 11.8 Å². The van der Waals surface area contributed by atoms with E-state index in [1.54, 1.807) is 0 Å². The van der Waals surface area contributed by atoms with Crippen molar-refractivity contribution >= 4 is 17.7 Å². The van der Waals surface area contributed by atoms with Gasteiger partial charge in [0, 0.05) is 43.5 Å². The highest BCUT2D eigenvalue weighted by Crippen LogP contribution is 2.19. The molecule has 0 fully saturated rings. The number of carbonyl (C=O) groups excluding carboxylic acids is 1. The standard InChI is InChI=1S/C27H31N3O3/c1-4-5-6-7-8-11-26-29-24(21(2)33-26)16-17-28-23-14-12-22(13-15-23)20-25(27(31)32-3)30-18-9-10-19-30/h4-15,18-19,25,28H,16-17,20H2,1-3H3/b5-4-,7-6-,11-8+. The first-order chi connectivity index (χ1) is 16.1. The Morgan fingerprint density at radius 2 is 1.88 bits per heavy atom. The summed E-state index contributed by atoms with van der Waals surface area (Å²) in [7, 11) is 1.42. The van der Waals surface area contributed by atoms with Gasteiger partial charge in [-0.15, -0.1) is 0 Å². The maximum Gasteiger partial charge on any atom is 0.329 e. The van der Waals surface area contributed by atoms with Gasteiger partial charge in [-0.25, -0.2) is 9.78 Å². The van der Waals surface area contributed by atoms with Crippen LogP contribution in [0.15, 0.2) is 83.6 Å². The lowest BCUT2D eigenvalue weighted by Gasteiger charge is -2.17. The predicted molar refractivity (Wildman–Crippen MR) is 132 cm³/mol. The molecular weight excluding hydrogens is 414 g/mol. The van der Waals surface area contributed by atoms with E-state index in [1.165, 1.54) is 7.11 Å². The van der Waals surface area contributed by atoms with E-state index in [4.69, 9.17) is 9.15 Å². The summed E-state index contributed by atoms with van der Waals surface area (Å²) >= 11 is 0. The summed E-state index contributed by atoms with van der Waals surface area (Å²) in [4.78, 5) is 16.8. The van der Waals surface area contributed by atoms with E-state index in [-0.39, 0.29) is 12.0 Å². The first-order valence-electron chi connectivity index (χ1n) is 11.1. The highest BCUT2D eigenvalue weighted by atomic mass is 16.5. The van der Waals surface area contributed by atoms with Gasteiger partial charge in [-0.05, 0) is 43.7 Å². The van der Waals surface area contributed by atoms with Crippen LogP contribution in [0.4, 0.5) is 5.69 Å². The number of nitrogens with one attached hydrogen (secondary N) is 1. The Labute approximate surface area is 195 Å². The molecule has 2 aromatic heterocycles. The van der Waals surface area contributed by atoms with Gasteiger partial charge in [0.15, 0.2) is 0 Å². The van der Waals surface area contributed by atoms with Crippen molar-refractivity contribution in [1.82, 2.24) is 9.55 Å². The number of anilines is 1. The second kappa shape index (κ2) is 12.3. The highest BCUT2D eigenvalue weighted by molar-refractivity contribution is 5.74. The Balaban J connectivity index is 1.52. The molecule has 0 amide bonds. The van der Waals surface area contributed by atoms with E-state index >= 15 is 0 Å². The van der Waals surface area contributed by atoms with Crippen molar-refractivity contribution in [2.45, 2.75) is 32.7 Å². The number of rotatable bonds is 11. The van der Waals surface area contributed by atoms with Crippen LogP contribution in [0.5, 0.6) is 0 Å². The number of aryl methyl sites for hydroxylation is 1. The summed E-state index contributed by atoms with van der Waals surface area (Å²) in [6.07, 6.45) is 16.7. The van der Waals surface area contributed by atoms with Crippen molar-refractivity contribution in [3.05, 3.63) is 102 Å². The summed E-state index contributed by atoms with van der Waals surface area (Å²) in [5, 5.41) is 3.42. The predicted octanol–water partition coefficient (Wildman–Crippen LogP) is 5.54. The molecule has 2 heterocycles. The molecule has 0 saturated heterocycles. The third-order valence-corrected chi connectivity index (χ3v) is 5.21. The van der Waals surface area contributed by atoms with Crippen molar-refractivity contribution < 1.29 is 13.9 Å². The summed E-state index contributed by atoms with van der Waals surface area (Å²) in [5.41, 5.74) is 3.03. The summed E-state index contributed by atoms with van der Waals surface area (Å²) in [5.74, 6) is 1.20. The van der Waals surface area contributed by atoms with E-state index in [1.807, 2.05) is 104 Å². The van der Waals surface area contributed by atoms with Gasteiger partial charge >= 0.3 is 5.97 Å². The van der Waals surface area contributed by atoms with E-state index in [2.05, 4.69) is 10.3 Å². The average Bonchev–Trinajstić information content (AvgIpc) is 3.48. The van der Waals surface area contributed by atoms with Crippen LogP contribution in [0.3, 0.4) is 0 Å². The van der Waals surface area contributed by atoms with Crippen molar-refractivity contribution in [2.24, 2.45) is 0 Å². The van der Waals surface area contributed by atoms with Gasteiger partial charge in [0.2, 0.25) is 5.89 Å². The van der Waals surface area contributed by atoms with Crippen molar-refractivity contribution in [3.63, 3.8) is 0 Å². The number of carbonyl (C=O) groups is 1. The van der Waals surface area contributed by atoms with Crippen LogP contribution in [0.25, 0.3) is 6.08 Å². The summed E-state index contributed by atoms with van der Waals surface area (Å²) < 4.78 is 12.6. The minimum Gasteiger partial charge on any atom is -0.467 e. The van der Waals surface area contributed by atoms with Crippen LogP contribution >= 0.6 is 0 Å². The number of hydrogen-bond donors (Lipinski definition) is 1. The van der Waals surface area contributed by atoms with E-state index < -0.39 is 0 Å². The van der Waals surface area contributed by atoms with Crippen LogP contribution in [0.2, 0.25) is 0 Å². The lowest BCUT2D eigenvalue weighted by Crippen LogP contribution is -2.22. The molecule has 1 N–H and O–H groups in total. The van der Waals surface area contributed by atoms with Gasteiger partial charge in [0.25, 0.3) is 0 Å². The van der Waals surface area contributed by atoms with E-state index in [0.29, 0.717) is 12.3 Å². The molecule has 1 aromatic carbocycles. The number of ether oxygens (including phenoxy) is 1. The number of oxazole rings is 1. The van der Waals surface area contributed by atoms with E-state index in [0.717, 1.165) is 35.7 Å². The van der Waals surface area contributed by atoms with Gasteiger partial charge in [0.05, 0.1) is 12.8 Å². The number of nitrogens with zero attached hydrogens (tertiary/aromatic N) is 2. The number of hydrogen-bond acceptors (Lipinski definition) is 5. The Hall–Kier alpha value is -3.80. The Morgan fingerprint density at radius 3 is 2.58 bits per heavy atom. The van der Waals surface area contributed by atoms with Crippen molar-refractivity contribution in [3.8, 4) is 0 Å². The Bertz CT molecular complexity index is 1090. The SMILES string of the molecule is C\C=C/C=C\C=C\c1nc(CCNc2ccc(CC(C(=O)OC)n3cccc3)cc2)c(C)o1. The molecule has 1 atom stereocenters. The zero-order chi connectivity index (χ0) is 23.5. The number of allylic oxidation sites excluding steroid dienone is 5. The van der Waals surface area contributed by atoms with Gasteiger partial charge in [-0.2, -0.15) is 0 Å². The highest BCUT2D eigenvalue weighted by Gasteiger charge is 2.20. The number of aromatic nitrogens is 2. The lowest BCUT2D eigenvalue weighted by molar-refractivity contribution is -0.144. The molecule has 0 spiro atoms. The molecule has 3 aromatic rings. The second-order valence-corrected chi connectivity index (χ2v) is 7.57. The summed E-state index contributed by atoms with van der Waals surface area (Å²) in [6.45, 7) is 4.66. The molecule has 3 rings (SSSR count). The molecule has 0 radical (unpaired) electrons. The normalized spacial score (nSPS) is 12.7. The zero-order valence-corrected chi connectivity index (χ0v) is 19.4. The Kier molecular flexibility index (Phi) is 8.88. The minimum absolute atomic E-state index is 0.251. The number of benzene rings is 1. The largest absolute Gasteiger partial charge is 0.467 e. The maximum atomic E-state index is 12.2. The lowest BCUT2D eigenvalue weighted by atomic mass is 10.1. The van der Waals surface area contributed by atoms with Crippen molar-refractivity contribution in [1.29, 1.82) is 0 Å². The molecule has 0 aliphatic carbocycles. The van der Waals surface area contributed by atoms with Gasteiger partial charge < -0.3 is 19.0 Å². The fourth-order valence-electron chi connectivity index (χ4n) is 3.44. The molecule has 1 unspecified atom stereocenters. The fourth-order valence-corrected chi connectivity index (χ4v) is 3.44. The third kappa shape index (κ3) is 7.10. The molecule has 0 aliphatic rings. The first kappa shape index (κ1) is 23.9. The van der Waals surface area contributed by atoms with Crippen molar-refractivity contribution in [2.75, 3.05) is 19.0 Å². The molecule has 172 valence electrons. The molecular formula is C27H31N3O3. The third-order valence-electron chi connectivity index (χ3n) is 5.21. The molecule has 0 aliphatic heterocycles. The minimum atomic E-state index is -0.374. The zero-order valence-electron chi connectivity index (χ0n) is 19.4. The smallest absolute Gasteiger partial charge is 0.329 e. The molecule has 6 nitrogen and oxygen atoms in total. The molecule has 0 saturated carbocycles. The van der Waals surface area contributed by atoms with Crippen LogP contribution in [-0.4, -0.2) is 29.2 Å². The maximum absolute atomic E-state index is 12.2. The van der Waals surface area contributed by atoms with Crippen LogP contribution in [0, 0.1) is 6.92 Å². The Morgan fingerprint density at radius 1 is 1.15 bits per heavy atom. The van der Waals surface area contributed by atoms with Crippen LogP contribution < -0.4 is 5.32 Å². The molecule has 33 heavy (non-hydrogen) atoms. The van der Waals surface area contributed by atoms with Crippen LogP contribution in [0.1, 0.15) is 35.9 Å². The summed E-state index contributed by atoms with van der Waals surface area (Å²) in [6, 6.07) is 11.6. The topological polar surface area (TPSA) is 69.3 Å². The number of methoxy groups -OCH3 is 1. The van der Waals surface area contributed by atoms with Gasteiger partial charge in [-0.1, -0.05) is 42.5 Å². The van der Waals surface area contributed by atoms with E-state index in [9.17, 15) is 4.79 Å². The van der Waals surface area contributed by atoms with Crippen LogP contribution in [-0.2, 0) is 22.4 Å². The fraction of sp³-hybridized carbons (Fsp3) is 0.259. The second-order valence-electron chi connectivity index (χ2n) is 7.57. The number of esters is 1. The quantitative estimate of drug-likeness (QED) is 0.310.